The van der Waals surface area contributed by atoms with Crippen molar-refractivity contribution in [3.05, 3.63) is 30.4 Å². The Kier molecular flexibility index (Phi) is 4.84. The molecule has 0 aliphatic carbocycles. The lowest BCUT2D eigenvalue weighted by atomic mass is 10.2. The second-order valence-electron chi connectivity index (χ2n) is 2.92. The van der Waals surface area contributed by atoms with Gasteiger partial charge in [0.2, 0.25) is 0 Å². The van der Waals surface area contributed by atoms with Crippen LogP contribution in [0.5, 0.6) is 5.75 Å². The summed E-state index contributed by atoms with van der Waals surface area (Å²) in [5, 5.41) is 8.92. The van der Waals surface area contributed by atoms with E-state index in [1.165, 1.54) is 0 Å². The van der Waals surface area contributed by atoms with Crippen molar-refractivity contribution < 1.29 is 9.84 Å². The average Bonchev–Trinajstić information content (AvgIpc) is 2.25. The first-order valence-electron chi connectivity index (χ1n) is 4.59. The first kappa shape index (κ1) is 11.4. The van der Waals surface area contributed by atoms with E-state index in [0.29, 0.717) is 6.61 Å². The summed E-state index contributed by atoms with van der Waals surface area (Å²) in [5.41, 5.74) is 0.781. The number of aliphatic hydroxyl groups is 1. The van der Waals surface area contributed by atoms with Crippen LogP contribution in [0.4, 0.5) is 0 Å². The van der Waals surface area contributed by atoms with Crippen molar-refractivity contribution in [2.45, 2.75) is 18.2 Å². The largest absolute Gasteiger partial charge is 0.494 e. The van der Waals surface area contributed by atoms with E-state index in [9.17, 15) is 0 Å². The zero-order chi connectivity index (χ0) is 10.4. The quantitative estimate of drug-likeness (QED) is 0.759. The van der Waals surface area contributed by atoms with Gasteiger partial charge >= 0.3 is 0 Å². The van der Waals surface area contributed by atoms with Gasteiger partial charge < -0.3 is 9.84 Å². The van der Waals surface area contributed by atoms with E-state index < -0.39 is 0 Å². The highest BCUT2D eigenvalue weighted by Crippen LogP contribution is 2.24. The molecule has 1 N–H and O–H groups in total. The summed E-state index contributed by atoms with van der Waals surface area (Å²) in [6.07, 6.45) is 2.99. The Morgan fingerprint density at radius 1 is 1.43 bits per heavy atom. The fourth-order valence-electron chi connectivity index (χ4n) is 1.09. The molecule has 14 heavy (non-hydrogen) atoms. The van der Waals surface area contributed by atoms with Crippen LogP contribution in [0.3, 0.4) is 0 Å². The van der Waals surface area contributed by atoms with E-state index in [4.69, 9.17) is 9.84 Å². The molecule has 1 aromatic rings. The lowest BCUT2D eigenvalue weighted by molar-refractivity contribution is 0.316. The summed E-state index contributed by atoms with van der Waals surface area (Å²) >= 11 is 1.63. The lowest BCUT2D eigenvalue weighted by Gasteiger charge is -2.08. The molecule has 0 amide bonds. The molecule has 0 atom stereocenters. The summed E-state index contributed by atoms with van der Waals surface area (Å²) in [5.74, 6) is 0.819. The van der Waals surface area contributed by atoms with E-state index in [2.05, 4.69) is 6.92 Å². The molecule has 77 valence electrons. The van der Waals surface area contributed by atoms with E-state index in [1.54, 1.807) is 11.8 Å². The Bertz CT molecular complexity index is 264. The zero-order valence-electron chi connectivity index (χ0n) is 8.49. The van der Waals surface area contributed by atoms with Crippen molar-refractivity contribution in [1.29, 1.82) is 0 Å². The predicted octanol–water partition coefficient (Wildman–Crippen LogP) is 3.08. The minimum absolute atomic E-state index is 0.711. The van der Waals surface area contributed by atoms with Crippen LogP contribution in [0, 0.1) is 6.61 Å². The fourth-order valence-corrected chi connectivity index (χ4v) is 1.58. The maximum Gasteiger partial charge on any atom is 0.120 e. The van der Waals surface area contributed by atoms with Gasteiger partial charge in [-0.2, -0.15) is 0 Å². The molecule has 2 nitrogen and oxygen atoms in total. The maximum atomic E-state index is 8.92. The van der Waals surface area contributed by atoms with Gasteiger partial charge in [0.05, 0.1) is 6.61 Å². The molecule has 1 aromatic carbocycles. The van der Waals surface area contributed by atoms with Crippen molar-refractivity contribution in [3.63, 3.8) is 0 Å². The van der Waals surface area contributed by atoms with Crippen LogP contribution in [-0.2, 0) is 0 Å². The maximum absolute atomic E-state index is 8.92. The molecule has 0 fully saturated rings. The minimum Gasteiger partial charge on any atom is -0.494 e. The number of ether oxygens (including phenoxy) is 1. The topological polar surface area (TPSA) is 29.5 Å². The molecule has 1 rings (SSSR count). The van der Waals surface area contributed by atoms with Crippen LogP contribution in [-0.4, -0.2) is 18.0 Å². The van der Waals surface area contributed by atoms with Crippen LogP contribution in [0.15, 0.2) is 23.1 Å². The number of thioether (sulfide) groups is 1. The average molecular weight is 211 g/mol. The van der Waals surface area contributed by atoms with Gasteiger partial charge in [0.15, 0.2) is 0 Å². The highest BCUT2D eigenvalue weighted by Gasteiger charge is 2.00. The van der Waals surface area contributed by atoms with Crippen LogP contribution in [0.25, 0.3) is 0 Å². The molecule has 3 heteroatoms. The van der Waals surface area contributed by atoms with Crippen molar-refractivity contribution in [2.24, 2.45) is 0 Å². The third kappa shape index (κ3) is 3.24. The molecular formula is C11H15O2S. The Labute approximate surface area is 89.3 Å². The first-order chi connectivity index (χ1) is 6.80. The number of hydrogen-bond acceptors (Lipinski definition) is 3. The summed E-state index contributed by atoms with van der Waals surface area (Å²) in [4.78, 5) is 1.10. The molecule has 0 heterocycles. The highest BCUT2D eigenvalue weighted by atomic mass is 32.2. The molecule has 0 unspecified atom stereocenters. The van der Waals surface area contributed by atoms with E-state index in [1.807, 2.05) is 24.5 Å². The van der Waals surface area contributed by atoms with Crippen LogP contribution in [0.1, 0.15) is 18.9 Å². The van der Waals surface area contributed by atoms with E-state index in [-0.39, 0.29) is 0 Å². The Morgan fingerprint density at radius 3 is 2.79 bits per heavy atom. The van der Waals surface area contributed by atoms with Crippen molar-refractivity contribution in [1.82, 2.24) is 0 Å². The Morgan fingerprint density at radius 2 is 2.21 bits per heavy atom. The van der Waals surface area contributed by atoms with Crippen LogP contribution < -0.4 is 4.74 Å². The van der Waals surface area contributed by atoms with Crippen molar-refractivity contribution >= 4 is 11.8 Å². The molecule has 0 spiro atoms. The fraction of sp³-hybridized carbons (Fsp3) is 0.364. The van der Waals surface area contributed by atoms with E-state index in [0.717, 1.165) is 29.2 Å². The predicted molar refractivity (Wildman–Crippen MR) is 59.3 cm³/mol. The van der Waals surface area contributed by atoms with Crippen LogP contribution in [0.2, 0.25) is 0 Å². The molecular weight excluding hydrogens is 196 g/mol. The third-order valence-corrected chi connectivity index (χ3v) is 2.47. The summed E-state index contributed by atoms with van der Waals surface area (Å²) in [6, 6.07) is 5.73. The zero-order valence-corrected chi connectivity index (χ0v) is 9.30. The monoisotopic (exact) mass is 211 g/mol. The minimum atomic E-state index is 0.711. The molecule has 0 bridgehead atoms. The third-order valence-electron chi connectivity index (χ3n) is 1.76. The smallest absolute Gasteiger partial charge is 0.120 e. The highest BCUT2D eigenvalue weighted by molar-refractivity contribution is 7.98. The van der Waals surface area contributed by atoms with Gasteiger partial charge in [0, 0.05) is 4.90 Å². The summed E-state index contributed by atoms with van der Waals surface area (Å²) < 4.78 is 5.50. The molecule has 0 aliphatic rings. The first-order valence-corrected chi connectivity index (χ1v) is 5.82. The van der Waals surface area contributed by atoms with Gasteiger partial charge in [-0.25, -0.2) is 0 Å². The standard InChI is InChI=1S/C11H15O2S/c1-3-4-13-10-5-9(8-12)6-11(7-10)14-2/h5-8,12H,3-4H2,1-2H3. The normalized spacial score (nSPS) is 10.2. The van der Waals surface area contributed by atoms with Crippen LogP contribution >= 0.6 is 11.8 Å². The Hall–Kier alpha value is -0.670. The number of aliphatic hydroxyl groups excluding tert-OH is 1. The van der Waals surface area contributed by atoms with Gasteiger partial charge in [-0.05, 0) is 36.4 Å². The lowest BCUT2D eigenvalue weighted by Crippen LogP contribution is -1.96. The number of hydrogen-bond donors (Lipinski definition) is 1. The molecule has 0 saturated carbocycles. The van der Waals surface area contributed by atoms with Gasteiger partial charge in [-0.3, -0.25) is 0 Å². The van der Waals surface area contributed by atoms with Gasteiger partial charge in [0.25, 0.3) is 0 Å². The second kappa shape index (κ2) is 5.94. The van der Waals surface area contributed by atoms with Gasteiger partial charge in [0.1, 0.15) is 12.4 Å². The van der Waals surface area contributed by atoms with Gasteiger partial charge in [-0.1, -0.05) is 6.92 Å². The molecule has 1 radical (unpaired) electrons. The van der Waals surface area contributed by atoms with Crippen molar-refractivity contribution in [3.8, 4) is 5.75 Å². The molecule has 0 aliphatic heterocycles. The SMILES string of the molecule is CCCOc1cc([CH]O)cc(SC)c1. The summed E-state index contributed by atoms with van der Waals surface area (Å²) in [7, 11) is 0. The number of rotatable bonds is 5. The summed E-state index contributed by atoms with van der Waals surface area (Å²) in [6.45, 7) is 3.87. The van der Waals surface area contributed by atoms with Crippen molar-refractivity contribution in [2.75, 3.05) is 12.9 Å². The van der Waals surface area contributed by atoms with Gasteiger partial charge in [-0.15, -0.1) is 11.8 Å². The second-order valence-corrected chi connectivity index (χ2v) is 3.80. The van der Waals surface area contributed by atoms with E-state index >= 15 is 0 Å². The Balaban J connectivity index is 2.81. The molecule has 0 saturated heterocycles. The molecule has 0 aromatic heterocycles. The number of benzene rings is 1.